The fourth-order valence-electron chi connectivity index (χ4n) is 2.42. The first-order chi connectivity index (χ1) is 11.2. The molecule has 2 heterocycles. The van der Waals surface area contributed by atoms with E-state index in [1.165, 1.54) is 4.68 Å². The minimum Gasteiger partial charge on any atom is -0.854 e. The summed E-state index contributed by atoms with van der Waals surface area (Å²) in [4.78, 5) is 15.8. The van der Waals surface area contributed by atoms with E-state index in [2.05, 4.69) is 10.3 Å². The van der Waals surface area contributed by atoms with Crippen LogP contribution in [0.1, 0.15) is 18.5 Å². The smallest absolute Gasteiger partial charge is 0.436 e. The molecule has 8 nitrogen and oxygen atoms in total. The molecule has 0 aliphatic carbocycles. The van der Waals surface area contributed by atoms with Gasteiger partial charge in [0.05, 0.1) is 25.7 Å². The number of ether oxygens (including phenoxy) is 2. The molecule has 1 fully saturated rings. The van der Waals surface area contributed by atoms with E-state index in [-0.39, 0.29) is 18.3 Å². The normalized spacial score (nSPS) is 18.3. The number of nitrogens with one attached hydrogen (secondary N) is 1. The number of methoxy groups -OCH3 is 1. The zero-order valence-corrected chi connectivity index (χ0v) is 12.7. The maximum atomic E-state index is 12.3. The zero-order valence-electron chi connectivity index (χ0n) is 12.7. The molecule has 0 bridgehead atoms. The fraction of sp³-hybridized carbons (Fsp3) is 0.400. The van der Waals surface area contributed by atoms with Crippen LogP contribution in [-0.4, -0.2) is 37.5 Å². The van der Waals surface area contributed by atoms with E-state index in [0.29, 0.717) is 18.0 Å². The van der Waals surface area contributed by atoms with Gasteiger partial charge < -0.3 is 14.6 Å². The highest BCUT2D eigenvalue weighted by Crippen LogP contribution is 2.12. The van der Waals surface area contributed by atoms with Crippen molar-refractivity contribution in [1.29, 1.82) is 0 Å². The molecule has 0 saturated carbocycles. The number of aromatic nitrogens is 2. The largest absolute Gasteiger partial charge is 0.854 e. The van der Waals surface area contributed by atoms with Crippen LogP contribution in [0, 0.1) is 0 Å². The second-order valence-corrected chi connectivity index (χ2v) is 5.14. The van der Waals surface area contributed by atoms with Gasteiger partial charge >= 0.3 is 11.3 Å². The lowest BCUT2D eigenvalue weighted by Crippen LogP contribution is -2.45. The lowest BCUT2D eigenvalue weighted by atomic mass is 10.2. The lowest BCUT2D eigenvalue weighted by molar-refractivity contribution is -0.673. The monoisotopic (exact) mass is 319 g/mol. The van der Waals surface area contributed by atoms with Crippen molar-refractivity contribution < 1.29 is 23.8 Å². The summed E-state index contributed by atoms with van der Waals surface area (Å²) >= 11 is 0. The summed E-state index contributed by atoms with van der Waals surface area (Å²) in [5.41, 5.74) is -0.373. The summed E-state index contributed by atoms with van der Waals surface area (Å²) in [6.07, 6.45) is 1.78. The van der Waals surface area contributed by atoms with Crippen molar-refractivity contribution in [3.05, 3.63) is 40.4 Å². The van der Waals surface area contributed by atoms with Gasteiger partial charge in [0.1, 0.15) is 5.75 Å². The number of aromatic amines is 1. The van der Waals surface area contributed by atoms with Gasteiger partial charge in [-0.15, -0.1) is 0 Å². The fourth-order valence-corrected chi connectivity index (χ4v) is 2.42. The molecule has 122 valence electrons. The number of nitrogens with zero attached hydrogens (tertiary/aromatic N) is 2. The highest BCUT2D eigenvalue weighted by Gasteiger charge is 2.24. The van der Waals surface area contributed by atoms with Crippen LogP contribution in [0.15, 0.2) is 38.6 Å². The van der Waals surface area contributed by atoms with Crippen LogP contribution in [0.5, 0.6) is 5.75 Å². The van der Waals surface area contributed by atoms with Gasteiger partial charge in [-0.05, 0) is 34.9 Å². The van der Waals surface area contributed by atoms with Crippen LogP contribution in [0.3, 0.4) is 0 Å². The minimum absolute atomic E-state index is 0.0561. The standard InChI is InChI=1S/C15H17N3O5/c1-21-11-6-4-10(5-7-11)18-13(15(20)23-17-18)14(19)16-9-12-3-2-8-22-12/h4-7,12H,2-3,8-9H2,1H3,(H-,16,17,19,20). The van der Waals surface area contributed by atoms with Crippen molar-refractivity contribution in [2.75, 3.05) is 20.3 Å². The van der Waals surface area contributed by atoms with Crippen molar-refractivity contribution in [3.8, 4) is 11.4 Å². The van der Waals surface area contributed by atoms with Crippen molar-refractivity contribution in [2.24, 2.45) is 4.99 Å². The van der Waals surface area contributed by atoms with Gasteiger partial charge in [-0.2, -0.15) is 0 Å². The number of H-pyrrole nitrogens is 1. The predicted molar refractivity (Wildman–Crippen MR) is 77.8 cm³/mol. The molecule has 0 amide bonds. The molecule has 1 aliphatic heterocycles. The number of hydrogen-bond acceptors (Lipinski definition) is 6. The summed E-state index contributed by atoms with van der Waals surface area (Å²) in [5, 5.41) is 14.7. The molecule has 8 heteroatoms. The van der Waals surface area contributed by atoms with Gasteiger partial charge in [0.2, 0.25) is 5.69 Å². The van der Waals surface area contributed by atoms with Crippen LogP contribution >= 0.6 is 0 Å². The van der Waals surface area contributed by atoms with Crippen LogP contribution < -0.4 is 20.2 Å². The number of benzene rings is 1. The Morgan fingerprint density at radius 1 is 1.48 bits per heavy atom. The summed E-state index contributed by atoms with van der Waals surface area (Å²) in [6.45, 7) is 0.929. The summed E-state index contributed by atoms with van der Waals surface area (Å²) in [7, 11) is 1.56. The molecule has 23 heavy (non-hydrogen) atoms. The SMILES string of the molecule is COc1ccc(-[n+]2[nH]oc(=O)c2C([O-])=NCC2CCCO2)cc1. The van der Waals surface area contributed by atoms with E-state index in [1.807, 2.05) is 0 Å². The molecule has 3 rings (SSSR count). The highest BCUT2D eigenvalue weighted by molar-refractivity contribution is 5.86. The molecule has 1 aromatic carbocycles. The quantitative estimate of drug-likeness (QED) is 0.456. The molecule has 2 aromatic rings. The zero-order chi connectivity index (χ0) is 16.2. The topological polar surface area (TPSA) is 104 Å². The van der Waals surface area contributed by atoms with E-state index in [1.54, 1.807) is 31.4 Å². The molecule has 1 saturated heterocycles. The van der Waals surface area contributed by atoms with E-state index in [0.717, 1.165) is 12.8 Å². The van der Waals surface area contributed by atoms with Gasteiger partial charge in [0.25, 0.3) is 0 Å². The van der Waals surface area contributed by atoms with Gasteiger partial charge in [-0.25, -0.2) is 4.79 Å². The van der Waals surface area contributed by atoms with Crippen molar-refractivity contribution in [1.82, 2.24) is 5.27 Å². The average Bonchev–Trinajstić information content (AvgIpc) is 3.22. The van der Waals surface area contributed by atoms with E-state index < -0.39 is 11.5 Å². The molecular formula is C15H17N3O5. The third-order valence-electron chi connectivity index (χ3n) is 3.64. The van der Waals surface area contributed by atoms with E-state index in [9.17, 15) is 9.90 Å². The van der Waals surface area contributed by atoms with Crippen LogP contribution in [-0.2, 0) is 4.74 Å². The molecule has 1 atom stereocenters. The molecule has 1 unspecified atom stereocenters. The molecule has 1 aliphatic rings. The first-order valence-electron chi connectivity index (χ1n) is 7.30. The van der Waals surface area contributed by atoms with Crippen LogP contribution in [0.2, 0.25) is 0 Å². The number of rotatable bonds is 5. The van der Waals surface area contributed by atoms with Gasteiger partial charge in [-0.1, -0.05) is 0 Å². The maximum absolute atomic E-state index is 12.3. The van der Waals surface area contributed by atoms with Gasteiger partial charge in [0, 0.05) is 18.7 Å². The number of hydrogen-bond donors (Lipinski definition) is 1. The first-order valence-corrected chi connectivity index (χ1v) is 7.30. The summed E-state index contributed by atoms with van der Waals surface area (Å²) < 4.78 is 16.5. The Labute approximate surface area is 131 Å². The third kappa shape index (κ3) is 3.26. The Hall–Kier alpha value is -2.61. The molecule has 0 radical (unpaired) electrons. The molecule has 0 spiro atoms. The maximum Gasteiger partial charge on any atom is 0.436 e. The van der Waals surface area contributed by atoms with Crippen molar-refractivity contribution in [2.45, 2.75) is 18.9 Å². The Balaban J connectivity index is 1.87. The first kappa shape index (κ1) is 15.3. The predicted octanol–water partition coefficient (Wildman–Crippen LogP) is -0.461. The number of aliphatic imine (C=N–C) groups is 1. The van der Waals surface area contributed by atoms with Gasteiger partial charge in [-0.3, -0.25) is 9.52 Å². The van der Waals surface area contributed by atoms with Gasteiger partial charge in [0.15, 0.2) is 0 Å². The van der Waals surface area contributed by atoms with E-state index in [4.69, 9.17) is 14.0 Å². The molecule has 1 aromatic heterocycles. The third-order valence-corrected chi connectivity index (χ3v) is 3.64. The Morgan fingerprint density at radius 2 is 2.26 bits per heavy atom. The van der Waals surface area contributed by atoms with Crippen molar-refractivity contribution in [3.63, 3.8) is 0 Å². The second-order valence-electron chi connectivity index (χ2n) is 5.14. The minimum atomic E-state index is -0.762. The average molecular weight is 319 g/mol. The highest BCUT2D eigenvalue weighted by atomic mass is 16.5. The Kier molecular flexibility index (Phi) is 4.42. The Bertz CT molecular complexity index is 741. The van der Waals surface area contributed by atoms with Crippen molar-refractivity contribution >= 4 is 5.90 Å². The Morgan fingerprint density at radius 3 is 2.91 bits per heavy atom. The van der Waals surface area contributed by atoms with Crippen LogP contribution in [0.25, 0.3) is 5.69 Å². The van der Waals surface area contributed by atoms with Crippen LogP contribution in [0.4, 0.5) is 0 Å². The van der Waals surface area contributed by atoms with E-state index >= 15 is 0 Å². The second kappa shape index (κ2) is 6.66. The molecule has 1 N–H and O–H groups in total. The lowest BCUT2D eigenvalue weighted by Gasteiger charge is -2.08. The molecular weight excluding hydrogens is 302 g/mol. The summed E-state index contributed by atoms with van der Waals surface area (Å²) in [5.74, 6) is 0.0301. The summed E-state index contributed by atoms with van der Waals surface area (Å²) in [6, 6.07) is 6.82.